The van der Waals surface area contributed by atoms with Crippen LogP contribution in [0.3, 0.4) is 0 Å². The van der Waals surface area contributed by atoms with Crippen molar-refractivity contribution in [2.45, 2.75) is 45.1 Å². The van der Waals surface area contributed by atoms with Gasteiger partial charge < -0.3 is 5.73 Å². The molecule has 0 heterocycles. The fourth-order valence-electron chi connectivity index (χ4n) is 1.52. The lowest BCUT2D eigenvalue weighted by Gasteiger charge is -2.14. The molecule has 0 aromatic carbocycles. The van der Waals surface area contributed by atoms with Gasteiger partial charge in [0.15, 0.2) is 0 Å². The van der Waals surface area contributed by atoms with E-state index < -0.39 is 0 Å². The van der Waals surface area contributed by atoms with Crippen molar-refractivity contribution in [3.8, 4) is 0 Å². The Morgan fingerprint density at radius 1 is 1.11 bits per heavy atom. The van der Waals surface area contributed by atoms with Crippen molar-refractivity contribution in [2.75, 3.05) is 0 Å². The van der Waals surface area contributed by atoms with Crippen LogP contribution in [-0.2, 0) is 0 Å². The van der Waals surface area contributed by atoms with E-state index in [1.807, 2.05) is 0 Å². The summed E-state index contributed by atoms with van der Waals surface area (Å²) in [5.74, 6) is 0.771. The Kier molecular flexibility index (Phi) is 2.52. The van der Waals surface area contributed by atoms with E-state index in [0.717, 1.165) is 5.92 Å². The van der Waals surface area contributed by atoms with E-state index in [1.54, 1.807) is 0 Å². The van der Waals surface area contributed by atoms with Gasteiger partial charge in [0.25, 0.3) is 0 Å². The third-order valence-electron chi connectivity index (χ3n) is 2.43. The predicted octanol–water partition coefficient (Wildman–Crippen LogP) is 1.91. The molecule has 0 amide bonds. The maximum absolute atomic E-state index is 5.88. The van der Waals surface area contributed by atoms with Gasteiger partial charge in [-0.2, -0.15) is 0 Å². The fourth-order valence-corrected chi connectivity index (χ4v) is 1.52. The number of hydrogen-bond acceptors (Lipinski definition) is 1. The molecule has 1 heteroatoms. The van der Waals surface area contributed by atoms with E-state index in [1.165, 1.54) is 32.1 Å². The third-order valence-corrected chi connectivity index (χ3v) is 2.43. The highest BCUT2D eigenvalue weighted by Crippen LogP contribution is 2.20. The maximum Gasteiger partial charge on any atom is 0.00645 e. The van der Waals surface area contributed by atoms with E-state index in [0.29, 0.717) is 6.04 Å². The average molecular weight is 127 g/mol. The van der Waals surface area contributed by atoms with Crippen molar-refractivity contribution in [2.24, 2.45) is 11.7 Å². The smallest absolute Gasteiger partial charge is 0.00645 e. The quantitative estimate of drug-likeness (QED) is 0.494. The number of rotatable bonds is 0. The van der Waals surface area contributed by atoms with Gasteiger partial charge in [0.05, 0.1) is 0 Å². The van der Waals surface area contributed by atoms with E-state index >= 15 is 0 Å². The van der Waals surface area contributed by atoms with Crippen molar-refractivity contribution in [3.05, 3.63) is 0 Å². The lowest BCUT2D eigenvalue weighted by Crippen LogP contribution is -2.26. The first-order chi connectivity index (χ1) is 4.30. The standard InChI is InChI=1S/C8H17N/c1-7-5-3-2-4-6-8(7)9/h7-8H,2-6,9H2,1H3/t7-,8?/m0/s1. The summed E-state index contributed by atoms with van der Waals surface area (Å²) in [7, 11) is 0. The highest BCUT2D eigenvalue weighted by molar-refractivity contribution is 4.72. The zero-order valence-corrected chi connectivity index (χ0v) is 6.27. The van der Waals surface area contributed by atoms with Crippen LogP contribution in [0.1, 0.15) is 39.0 Å². The molecule has 1 unspecified atom stereocenters. The van der Waals surface area contributed by atoms with E-state index in [9.17, 15) is 0 Å². The Bertz CT molecular complexity index is 70.6. The minimum Gasteiger partial charge on any atom is -0.327 e. The van der Waals surface area contributed by atoms with Crippen LogP contribution in [0.5, 0.6) is 0 Å². The van der Waals surface area contributed by atoms with Gasteiger partial charge in [-0.15, -0.1) is 0 Å². The van der Waals surface area contributed by atoms with Gasteiger partial charge in [0.2, 0.25) is 0 Å². The molecular weight excluding hydrogens is 110 g/mol. The molecule has 1 aliphatic carbocycles. The monoisotopic (exact) mass is 127 g/mol. The molecule has 0 radical (unpaired) electrons. The molecule has 0 aromatic rings. The van der Waals surface area contributed by atoms with Gasteiger partial charge in [-0.3, -0.25) is 0 Å². The molecule has 1 rings (SSSR count). The molecule has 9 heavy (non-hydrogen) atoms. The molecule has 54 valence electrons. The van der Waals surface area contributed by atoms with E-state index in [2.05, 4.69) is 6.92 Å². The van der Waals surface area contributed by atoms with E-state index in [4.69, 9.17) is 5.73 Å². The Hall–Kier alpha value is -0.0400. The van der Waals surface area contributed by atoms with Gasteiger partial charge in [-0.25, -0.2) is 0 Å². The lowest BCUT2D eigenvalue weighted by atomic mass is 9.98. The van der Waals surface area contributed by atoms with Crippen molar-refractivity contribution in [1.82, 2.24) is 0 Å². The topological polar surface area (TPSA) is 26.0 Å². The fraction of sp³-hybridized carbons (Fsp3) is 1.00. The van der Waals surface area contributed by atoms with Crippen molar-refractivity contribution in [1.29, 1.82) is 0 Å². The Morgan fingerprint density at radius 3 is 2.56 bits per heavy atom. The SMILES string of the molecule is C[C@H]1CCCCCC1N. The van der Waals surface area contributed by atoms with Gasteiger partial charge in [0.1, 0.15) is 0 Å². The predicted molar refractivity (Wildman–Crippen MR) is 40.2 cm³/mol. The zero-order valence-electron chi connectivity index (χ0n) is 6.27. The zero-order chi connectivity index (χ0) is 6.69. The van der Waals surface area contributed by atoms with Crippen LogP contribution < -0.4 is 5.73 Å². The summed E-state index contributed by atoms with van der Waals surface area (Å²) in [6.45, 7) is 2.27. The van der Waals surface area contributed by atoms with Crippen molar-refractivity contribution in [3.63, 3.8) is 0 Å². The second-order valence-corrected chi connectivity index (χ2v) is 3.28. The molecule has 0 bridgehead atoms. The first kappa shape index (κ1) is 7.07. The summed E-state index contributed by atoms with van der Waals surface area (Å²) in [5, 5.41) is 0. The lowest BCUT2D eigenvalue weighted by molar-refractivity contribution is 0.432. The number of hydrogen-bond donors (Lipinski definition) is 1. The van der Waals surface area contributed by atoms with Crippen LogP contribution in [0, 0.1) is 5.92 Å². The van der Waals surface area contributed by atoms with Gasteiger partial charge in [-0.1, -0.05) is 26.2 Å². The summed E-state index contributed by atoms with van der Waals surface area (Å²) in [4.78, 5) is 0. The van der Waals surface area contributed by atoms with Crippen LogP contribution in [0.15, 0.2) is 0 Å². The molecule has 0 aliphatic heterocycles. The summed E-state index contributed by atoms with van der Waals surface area (Å²) in [6.07, 6.45) is 6.75. The maximum atomic E-state index is 5.88. The molecule has 0 saturated heterocycles. The highest BCUT2D eigenvalue weighted by atomic mass is 14.6. The molecule has 1 aliphatic rings. The molecule has 2 N–H and O–H groups in total. The molecule has 1 saturated carbocycles. The normalized spacial score (nSPS) is 38.0. The second-order valence-electron chi connectivity index (χ2n) is 3.28. The molecule has 0 aromatic heterocycles. The van der Waals surface area contributed by atoms with Gasteiger partial charge >= 0.3 is 0 Å². The van der Waals surface area contributed by atoms with Gasteiger partial charge in [0, 0.05) is 6.04 Å². The average Bonchev–Trinajstić information content (AvgIpc) is 1.99. The third kappa shape index (κ3) is 1.98. The van der Waals surface area contributed by atoms with Crippen LogP contribution in [0.2, 0.25) is 0 Å². The Balaban J connectivity index is 2.32. The number of nitrogens with two attached hydrogens (primary N) is 1. The Labute approximate surface area is 57.6 Å². The van der Waals surface area contributed by atoms with E-state index in [-0.39, 0.29) is 0 Å². The first-order valence-corrected chi connectivity index (χ1v) is 4.06. The van der Waals surface area contributed by atoms with Crippen molar-refractivity contribution < 1.29 is 0 Å². The Morgan fingerprint density at radius 2 is 1.78 bits per heavy atom. The molecule has 0 spiro atoms. The largest absolute Gasteiger partial charge is 0.327 e. The van der Waals surface area contributed by atoms with Gasteiger partial charge in [-0.05, 0) is 18.8 Å². The van der Waals surface area contributed by atoms with Crippen LogP contribution >= 0.6 is 0 Å². The molecule has 2 atom stereocenters. The first-order valence-electron chi connectivity index (χ1n) is 4.06. The molecule has 1 fully saturated rings. The summed E-state index contributed by atoms with van der Waals surface area (Å²) in [5.41, 5.74) is 5.88. The van der Waals surface area contributed by atoms with Crippen molar-refractivity contribution >= 4 is 0 Å². The highest BCUT2D eigenvalue weighted by Gasteiger charge is 2.14. The minimum atomic E-state index is 0.493. The van der Waals surface area contributed by atoms with Crippen LogP contribution in [0.4, 0.5) is 0 Å². The van der Waals surface area contributed by atoms with Crippen LogP contribution in [0.25, 0.3) is 0 Å². The minimum absolute atomic E-state index is 0.493. The summed E-state index contributed by atoms with van der Waals surface area (Å²) in [6, 6.07) is 0.493. The second kappa shape index (κ2) is 3.21. The summed E-state index contributed by atoms with van der Waals surface area (Å²) < 4.78 is 0. The summed E-state index contributed by atoms with van der Waals surface area (Å²) >= 11 is 0. The molecule has 1 nitrogen and oxygen atoms in total. The van der Waals surface area contributed by atoms with Crippen LogP contribution in [-0.4, -0.2) is 6.04 Å². The molecular formula is C8H17N.